The standard InChI is InChI=1S/C11H16O/c1-9-5-3-2-4-6-10-7-12-8-11(9)10/h2-3,10H,4-8H2,1H3/b3-2-,11-9-. The zero-order valence-electron chi connectivity index (χ0n) is 7.68. The van der Waals surface area contributed by atoms with Gasteiger partial charge in [-0.2, -0.15) is 0 Å². The Morgan fingerprint density at radius 1 is 1.42 bits per heavy atom. The second-order valence-corrected chi connectivity index (χ2v) is 3.77. The van der Waals surface area contributed by atoms with Gasteiger partial charge in [0.05, 0.1) is 13.2 Å². The first-order valence-corrected chi connectivity index (χ1v) is 4.79. The van der Waals surface area contributed by atoms with Crippen LogP contribution in [0.2, 0.25) is 0 Å². The van der Waals surface area contributed by atoms with E-state index >= 15 is 0 Å². The fourth-order valence-electron chi connectivity index (χ4n) is 2.07. The first-order valence-electron chi connectivity index (χ1n) is 4.79. The molecule has 1 saturated heterocycles. The average molecular weight is 164 g/mol. The van der Waals surface area contributed by atoms with Crippen molar-refractivity contribution in [2.24, 2.45) is 5.92 Å². The molecule has 1 heteroatoms. The van der Waals surface area contributed by atoms with Crippen molar-refractivity contribution in [3.05, 3.63) is 23.3 Å². The molecule has 1 heterocycles. The number of hydrogen-bond donors (Lipinski definition) is 0. The molecule has 1 fully saturated rings. The molecule has 0 radical (unpaired) electrons. The van der Waals surface area contributed by atoms with Gasteiger partial charge in [-0.1, -0.05) is 17.7 Å². The summed E-state index contributed by atoms with van der Waals surface area (Å²) in [5.41, 5.74) is 3.12. The van der Waals surface area contributed by atoms with Crippen LogP contribution >= 0.6 is 0 Å². The minimum absolute atomic E-state index is 0.731. The smallest absolute Gasteiger partial charge is 0.0683 e. The highest BCUT2D eigenvalue weighted by Gasteiger charge is 2.23. The van der Waals surface area contributed by atoms with Crippen LogP contribution in [-0.2, 0) is 4.74 Å². The molecule has 2 rings (SSSR count). The monoisotopic (exact) mass is 164 g/mol. The van der Waals surface area contributed by atoms with E-state index in [1.165, 1.54) is 18.4 Å². The van der Waals surface area contributed by atoms with E-state index in [0.717, 1.165) is 25.6 Å². The van der Waals surface area contributed by atoms with Crippen LogP contribution in [0.5, 0.6) is 0 Å². The third-order valence-electron chi connectivity index (χ3n) is 2.89. The van der Waals surface area contributed by atoms with Crippen molar-refractivity contribution < 1.29 is 4.74 Å². The summed E-state index contributed by atoms with van der Waals surface area (Å²) in [5, 5.41) is 0. The molecule has 0 aromatic heterocycles. The van der Waals surface area contributed by atoms with Crippen LogP contribution in [0.25, 0.3) is 0 Å². The van der Waals surface area contributed by atoms with E-state index in [-0.39, 0.29) is 0 Å². The lowest BCUT2D eigenvalue weighted by Crippen LogP contribution is -2.04. The lowest BCUT2D eigenvalue weighted by Gasteiger charge is -2.13. The van der Waals surface area contributed by atoms with E-state index in [2.05, 4.69) is 19.1 Å². The zero-order chi connectivity index (χ0) is 8.39. The van der Waals surface area contributed by atoms with Crippen LogP contribution in [0.4, 0.5) is 0 Å². The first kappa shape index (κ1) is 8.06. The molecule has 12 heavy (non-hydrogen) atoms. The molecular weight excluding hydrogens is 148 g/mol. The van der Waals surface area contributed by atoms with Crippen LogP contribution in [0.1, 0.15) is 26.2 Å². The molecule has 66 valence electrons. The first-order chi connectivity index (χ1) is 5.88. The number of rotatable bonds is 0. The third-order valence-corrected chi connectivity index (χ3v) is 2.89. The van der Waals surface area contributed by atoms with E-state index in [0.29, 0.717) is 0 Å². The zero-order valence-corrected chi connectivity index (χ0v) is 7.68. The maximum absolute atomic E-state index is 5.49. The van der Waals surface area contributed by atoms with Crippen LogP contribution in [0, 0.1) is 5.92 Å². The van der Waals surface area contributed by atoms with Crippen molar-refractivity contribution in [1.82, 2.24) is 0 Å². The lowest BCUT2D eigenvalue weighted by molar-refractivity contribution is 0.186. The second-order valence-electron chi connectivity index (χ2n) is 3.77. The van der Waals surface area contributed by atoms with Gasteiger partial charge >= 0.3 is 0 Å². The summed E-state index contributed by atoms with van der Waals surface area (Å²) in [4.78, 5) is 0. The van der Waals surface area contributed by atoms with E-state index in [4.69, 9.17) is 4.74 Å². The van der Waals surface area contributed by atoms with Gasteiger partial charge in [0.25, 0.3) is 0 Å². The van der Waals surface area contributed by atoms with E-state index in [1.54, 1.807) is 5.57 Å². The minimum Gasteiger partial charge on any atom is -0.376 e. The van der Waals surface area contributed by atoms with Gasteiger partial charge < -0.3 is 4.74 Å². The summed E-state index contributed by atoms with van der Waals surface area (Å²) < 4.78 is 5.49. The summed E-state index contributed by atoms with van der Waals surface area (Å²) in [6, 6.07) is 0. The molecule has 1 aliphatic carbocycles. The predicted molar refractivity (Wildman–Crippen MR) is 50.0 cm³/mol. The van der Waals surface area contributed by atoms with Gasteiger partial charge in [-0.05, 0) is 31.8 Å². The van der Waals surface area contributed by atoms with Crippen molar-refractivity contribution in [2.75, 3.05) is 13.2 Å². The molecular formula is C11H16O. The molecule has 1 aliphatic heterocycles. The van der Waals surface area contributed by atoms with Gasteiger partial charge in [-0.25, -0.2) is 0 Å². The maximum atomic E-state index is 5.49. The number of fused-ring (bicyclic) bond motifs is 1. The summed E-state index contributed by atoms with van der Waals surface area (Å²) >= 11 is 0. The van der Waals surface area contributed by atoms with Crippen molar-refractivity contribution in [3.8, 4) is 0 Å². The molecule has 0 spiro atoms. The number of allylic oxidation sites excluding steroid dienone is 3. The summed E-state index contributed by atoms with van der Waals surface area (Å²) in [7, 11) is 0. The number of hydrogen-bond acceptors (Lipinski definition) is 1. The normalized spacial score (nSPS) is 38.6. The SMILES string of the molecule is C/C1=C2\COCC2CC/C=C\C1. The largest absolute Gasteiger partial charge is 0.376 e. The molecule has 0 amide bonds. The molecule has 0 saturated carbocycles. The van der Waals surface area contributed by atoms with E-state index < -0.39 is 0 Å². The van der Waals surface area contributed by atoms with Gasteiger partial charge in [0.15, 0.2) is 0 Å². The molecule has 2 aliphatic rings. The van der Waals surface area contributed by atoms with Crippen molar-refractivity contribution >= 4 is 0 Å². The summed E-state index contributed by atoms with van der Waals surface area (Å²) in [6.45, 7) is 4.09. The quantitative estimate of drug-likeness (QED) is 0.500. The maximum Gasteiger partial charge on any atom is 0.0683 e. The molecule has 0 aromatic rings. The predicted octanol–water partition coefficient (Wildman–Crippen LogP) is 2.69. The molecule has 0 N–H and O–H groups in total. The Morgan fingerprint density at radius 3 is 3.25 bits per heavy atom. The topological polar surface area (TPSA) is 9.23 Å². The second kappa shape index (κ2) is 3.44. The van der Waals surface area contributed by atoms with Gasteiger partial charge in [-0.3, -0.25) is 0 Å². The molecule has 1 unspecified atom stereocenters. The fraction of sp³-hybridized carbons (Fsp3) is 0.636. The van der Waals surface area contributed by atoms with Crippen molar-refractivity contribution in [3.63, 3.8) is 0 Å². The van der Waals surface area contributed by atoms with E-state index in [1.807, 2.05) is 0 Å². The van der Waals surface area contributed by atoms with Crippen LogP contribution < -0.4 is 0 Å². The third kappa shape index (κ3) is 1.46. The van der Waals surface area contributed by atoms with Gasteiger partial charge in [0.2, 0.25) is 0 Å². The molecule has 1 atom stereocenters. The fourth-order valence-corrected chi connectivity index (χ4v) is 2.07. The Morgan fingerprint density at radius 2 is 2.33 bits per heavy atom. The Balaban J connectivity index is 2.21. The molecule has 1 nitrogen and oxygen atoms in total. The van der Waals surface area contributed by atoms with Crippen molar-refractivity contribution in [1.29, 1.82) is 0 Å². The Labute approximate surface area is 74.1 Å². The summed E-state index contributed by atoms with van der Waals surface area (Å²) in [5.74, 6) is 0.731. The van der Waals surface area contributed by atoms with Crippen LogP contribution in [0.3, 0.4) is 0 Å². The Bertz CT molecular complexity index is 225. The van der Waals surface area contributed by atoms with E-state index in [9.17, 15) is 0 Å². The Kier molecular flexibility index (Phi) is 2.31. The lowest BCUT2D eigenvalue weighted by atomic mass is 9.90. The van der Waals surface area contributed by atoms with Crippen LogP contribution in [-0.4, -0.2) is 13.2 Å². The van der Waals surface area contributed by atoms with Crippen molar-refractivity contribution in [2.45, 2.75) is 26.2 Å². The van der Waals surface area contributed by atoms with Gasteiger partial charge in [0.1, 0.15) is 0 Å². The van der Waals surface area contributed by atoms with Gasteiger partial charge in [0, 0.05) is 5.92 Å². The Hall–Kier alpha value is -0.560. The van der Waals surface area contributed by atoms with Crippen LogP contribution in [0.15, 0.2) is 23.3 Å². The number of ether oxygens (including phenoxy) is 1. The van der Waals surface area contributed by atoms with Gasteiger partial charge in [-0.15, -0.1) is 0 Å². The highest BCUT2D eigenvalue weighted by atomic mass is 16.5. The highest BCUT2D eigenvalue weighted by Crippen LogP contribution is 2.30. The minimum atomic E-state index is 0.731. The average Bonchev–Trinajstić information content (AvgIpc) is 2.47. The molecule has 0 bridgehead atoms. The molecule has 0 aromatic carbocycles. The summed E-state index contributed by atoms with van der Waals surface area (Å²) in [6.07, 6.45) is 8.23. The highest BCUT2D eigenvalue weighted by molar-refractivity contribution is 5.22.